The van der Waals surface area contributed by atoms with Crippen LogP contribution < -0.4 is 16.4 Å². The molecule has 2 saturated heterocycles. The SMILES string of the molecule is CO[C@H]1C[C@@H]2CC[C@@H](C)[C@@](O)(O2)C(=O)C(=O)N2CCCC[C@H]2C(=O)O[C@H]([C@H](C)C[C@@H]2CC[C@@H](OC(=O)NCCOCCOCCOCCOCCOCCOCCOCCOCCOCCNC(=O)C3CCC(c4nc(-c5cc6cccc(C)c6[nH]5)c5c(N)ncnn45)CC3)[C@H](OC)C2)C[C@@H](O)[C@H](C)/C=C(\C)[C@@H](O)[C@@H](OC)C(=O)[C@H](C)C[C@H](C)/C=C/C=CC=C1C. The van der Waals surface area contributed by atoms with E-state index >= 15 is 0 Å². The Kier molecular flexibility index (Phi) is 43.4. The van der Waals surface area contributed by atoms with E-state index in [4.69, 9.17) is 81.8 Å². The number of rotatable bonds is 40. The third-order valence-electron chi connectivity index (χ3n) is 25.0. The van der Waals surface area contributed by atoms with Gasteiger partial charge < -0.3 is 113 Å². The van der Waals surface area contributed by atoms with Crippen LogP contribution in [0.4, 0.5) is 10.6 Å². The molecule has 3 aromatic heterocycles. The van der Waals surface area contributed by atoms with Gasteiger partial charge in [0, 0.05) is 94.3 Å². The molecule has 8 N–H and O–H groups in total. The summed E-state index contributed by atoms with van der Waals surface area (Å²) in [7, 11) is 4.52. The molecule has 9 rings (SSSR count). The van der Waals surface area contributed by atoms with Gasteiger partial charge in [0.05, 0.1) is 149 Å². The largest absolute Gasteiger partial charge is 0.460 e. The van der Waals surface area contributed by atoms with Gasteiger partial charge in [0.2, 0.25) is 11.7 Å². The molecule has 2 saturated carbocycles. The summed E-state index contributed by atoms with van der Waals surface area (Å²) in [5, 5.41) is 47.3. The number of cyclic esters (lactones) is 1. The molecule has 3 aliphatic heterocycles. The summed E-state index contributed by atoms with van der Waals surface area (Å²) in [6.07, 6.45) is 13.5. The van der Waals surface area contributed by atoms with Gasteiger partial charge in [0.1, 0.15) is 53.8 Å². The van der Waals surface area contributed by atoms with Gasteiger partial charge in [-0.2, -0.15) is 5.10 Å². The van der Waals surface area contributed by atoms with Crippen LogP contribution in [0.3, 0.4) is 0 Å². The third kappa shape index (κ3) is 30.8. The van der Waals surface area contributed by atoms with Crippen LogP contribution in [0.5, 0.6) is 0 Å². The molecule has 0 radical (unpaired) electrons. The van der Waals surface area contributed by atoms with E-state index in [2.05, 4.69) is 50.8 Å². The van der Waals surface area contributed by atoms with Crippen molar-refractivity contribution in [3.8, 4) is 11.4 Å². The maximum absolute atomic E-state index is 14.8. The molecule has 2 bridgehead atoms. The number of carbonyl (C=O) groups is 6. The van der Waals surface area contributed by atoms with E-state index in [1.165, 1.54) is 18.3 Å². The zero-order chi connectivity index (χ0) is 90.5. The molecular weight excluding hydrogens is 1630 g/mol. The number of carbonyl (C=O) groups excluding carboxylic acids is 6. The second-order valence-electron chi connectivity index (χ2n) is 34.4. The van der Waals surface area contributed by atoms with E-state index in [9.17, 15) is 44.1 Å². The number of esters is 1. The number of nitrogens with two attached hydrogens (primary N) is 1. The smallest absolute Gasteiger partial charge is 0.407 e. The van der Waals surface area contributed by atoms with E-state index in [-0.39, 0.29) is 73.8 Å². The number of methoxy groups -OCH3 is 3. The van der Waals surface area contributed by atoms with Crippen LogP contribution in [0.2, 0.25) is 0 Å². The lowest BCUT2D eigenvalue weighted by atomic mass is 9.78. The summed E-state index contributed by atoms with van der Waals surface area (Å²) in [4.78, 5) is 98.0. The number of nitrogens with one attached hydrogen (secondary N) is 3. The van der Waals surface area contributed by atoms with E-state index in [0.29, 0.717) is 200 Å². The number of amides is 3. The molecule has 33 nitrogen and oxygen atoms in total. The molecule has 0 spiro atoms. The number of aliphatic hydroxyl groups excluding tert-OH is 2. The Morgan fingerprint density at radius 3 is 1.90 bits per heavy atom. The van der Waals surface area contributed by atoms with Crippen molar-refractivity contribution in [2.75, 3.05) is 166 Å². The van der Waals surface area contributed by atoms with Gasteiger partial charge in [0.15, 0.2) is 11.6 Å². The third-order valence-corrected chi connectivity index (χ3v) is 25.0. The predicted octanol–water partition coefficient (Wildman–Crippen LogP) is 9.42. The van der Waals surface area contributed by atoms with Crippen LogP contribution in [-0.2, 0) is 95.0 Å². The molecule has 4 fully saturated rings. The number of H-pyrrole nitrogens is 1. The summed E-state index contributed by atoms with van der Waals surface area (Å²) in [5.74, 6) is -6.62. The highest BCUT2D eigenvalue weighted by molar-refractivity contribution is 6.39. The zero-order valence-corrected chi connectivity index (χ0v) is 76.1. The zero-order valence-electron chi connectivity index (χ0n) is 76.1. The Morgan fingerprint density at radius 1 is 0.683 bits per heavy atom. The summed E-state index contributed by atoms with van der Waals surface area (Å²) < 4.78 is 88.5. The number of ketones is 2. The van der Waals surface area contributed by atoms with Crippen LogP contribution in [-0.4, -0.2) is 301 Å². The Morgan fingerprint density at radius 2 is 1.30 bits per heavy atom. The number of para-hydroxylation sites is 1. The fourth-order valence-electron chi connectivity index (χ4n) is 17.5. The average Bonchev–Trinajstić information content (AvgIpc) is 1.40. The number of aliphatic hydroxyl groups is 3. The maximum atomic E-state index is 14.8. The molecule has 3 amide bonds. The summed E-state index contributed by atoms with van der Waals surface area (Å²) >= 11 is 0. The van der Waals surface area contributed by atoms with Crippen molar-refractivity contribution >= 4 is 57.7 Å². The number of aromatic nitrogens is 5. The molecule has 0 unspecified atom stereocenters. The van der Waals surface area contributed by atoms with Gasteiger partial charge >= 0.3 is 12.1 Å². The normalized spacial score (nSPS) is 28.4. The van der Waals surface area contributed by atoms with Gasteiger partial charge in [-0.25, -0.2) is 24.1 Å². The van der Waals surface area contributed by atoms with Crippen molar-refractivity contribution < 1.29 is 115 Å². The number of anilines is 1. The first-order valence-corrected chi connectivity index (χ1v) is 45.5. The van der Waals surface area contributed by atoms with Crippen LogP contribution in [0.15, 0.2) is 78.2 Å². The highest BCUT2D eigenvalue weighted by atomic mass is 16.6. The molecule has 6 heterocycles. The quantitative estimate of drug-likeness (QED) is 0.00943. The van der Waals surface area contributed by atoms with Gasteiger partial charge in [-0.05, 0) is 151 Å². The second kappa shape index (κ2) is 53.6. The van der Waals surface area contributed by atoms with Crippen molar-refractivity contribution in [1.82, 2.24) is 40.1 Å². The minimum absolute atomic E-state index is 0.00629. The van der Waals surface area contributed by atoms with Crippen molar-refractivity contribution in [3.05, 3.63) is 89.6 Å². The first-order valence-electron chi connectivity index (χ1n) is 45.5. The first-order chi connectivity index (χ1) is 60.8. The molecule has 704 valence electrons. The Balaban J connectivity index is 0.582. The molecule has 33 heteroatoms. The Bertz CT molecular complexity index is 4130. The number of fused-ring (bicyclic) bond motifs is 5. The van der Waals surface area contributed by atoms with Crippen LogP contribution in [0.25, 0.3) is 27.8 Å². The summed E-state index contributed by atoms with van der Waals surface area (Å²) in [6.45, 7) is 22.5. The minimum atomic E-state index is -2.47. The van der Waals surface area contributed by atoms with Gasteiger partial charge in [-0.3, -0.25) is 19.2 Å². The monoisotopic (exact) mass is 1770 g/mol. The van der Waals surface area contributed by atoms with Crippen LogP contribution >= 0.6 is 0 Å². The highest BCUT2D eigenvalue weighted by Gasteiger charge is 2.53. The van der Waals surface area contributed by atoms with Crippen molar-refractivity contribution in [1.29, 1.82) is 0 Å². The van der Waals surface area contributed by atoms with Gasteiger partial charge in [-0.1, -0.05) is 89.3 Å². The summed E-state index contributed by atoms with van der Waals surface area (Å²) in [6, 6.07) is 7.09. The molecule has 2 aliphatic carbocycles. The fourth-order valence-corrected chi connectivity index (χ4v) is 17.5. The molecule has 4 aromatic rings. The number of allylic oxidation sites excluding steroid dienone is 5. The number of nitrogen functional groups attached to an aromatic ring is 1. The van der Waals surface area contributed by atoms with Crippen molar-refractivity contribution in [2.45, 2.75) is 225 Å². The fraction of sp³-hybridized carbons (Fsp3) is 0.710. The minimum Gasteiger partial charge on any atom is -0.460 e. The molecular formula is C93H143N9O24. The number of imidazole rings is 1. The van der Waals surface area contributed by atoms with Gasteiger partial charge in [-0.15, -0.1) is 0 Å². The van der Waals surface area contributed by atoms with Crippen LogP contribution in [0.1, 0.15) is 169 Å². The number of benzene rings is 1. The lowest BCUT2D eigenvalue weighted by Crippen LogP contribution is -2.61. The Hall–Kier alpha value is -7.55. The summed E-state index contributed by atoms with van der Waals surface area (Å²) in [5.41, 5.74) is 12.1. The van der Waals surface area contributed by atoms with E-state index in [0.717, 1.165) is 64.9 Å². The molecule has 126 heavy (non-hydrogen) atoms. The second-order valence-corrected chi connectivity index (χ2v) is 34.4. The van der Waals surface area contributed by atoms with Crippen molar-refractivity contribution in [3.63, 3.8) is 0 Å². The standard InChI is InChI=1S/C93H143N9O24/c1-60-18-13-12-14-19-61(2)77(112-9)57-72-29-23-67(8)93(111,126-72)86(106)90(108)101-33-16-15-22-74(101)91(109)124-78(58-75(103)63(4)53-66(7)84(105)85(114-11)83(104)65(6)52-60)64(5)54-68-24-30-76(79(55-68)113-10)125-92(110)96-32-35-116-37-39-118-41-43-120-45-47-122-49-51-123-50-48-121-46-44-119-42-40-117-38-36-115-34-31-95-89(107)70-27-25-69(26-28-70)88-100-81(82-87(94)97-59-98-102(82)88)73-56-71-21-17-20-62(3)80(71)99-73/h12-14,17-21,53,56,59-60,63-65,67-70,72,74-79,84-85,99,103,105,111H,15-16,22-52,54-55,57-58H2,1-11H3,(H,95,107)(H,96,110)(H2,94,97,98)/b14-12?,18-13+,61-19?,66-53+/t60-,63-,64-,65-,67-,68+,69?,70?,72+,74+,75-,76-,77+,78+,79-,84-,85+,93-/m1/s1. The molecule has 16 atom stereocenters. The lowest BCUT2D eigenvalue weighted by Gasteiger charge is -2.43. The number of ether oxygens (including phenoxy) is 15. The lowest BCUT2D eigenvalue weighted by molar-refractivity contribution is -0.265. The Labute approximate surface area is 742 Å². The molecule has 5 aliphatic rings. The molecule has 1 aromatic carbocycles. The van der Waals surface area contributed by atoms with E-state index in [1.807, 2.05) is 68.7 Å². The topological polar surface area (TPSA) is 414 Å². The maximum Gasteiger partial charge on any atom is 0.407 e. The highest BCUT2D eigenvalue weighted by Crippen LogP contribution is 2.42. The average molecular weight is 1770 g/mol. The number of piperidine rings is 1. The predicted molar refractivity (Wildman–Crippen MR) is 471 cm³/mol. The van der Waals surface area contributed by atoms with Gasteiger partial charge in [0.25, 0.3) is 11.7 Å². The first kappa shape index (κ1) is 102. The van der Waals surface area contributed by atoms with E-state index < -0.39 is 102 Å². The number of nitrogens with zero attached hydrogens (tertiary/aromatic N) is 5. The number of aryl methyl sites for hydroxylation is 1. The van der Waals surface area contributed by atoms with Crippen molar-refractivity contribution in [2.24, 2.45) is 41.4 Å². The number of Topliss-reactive ketones (excluding diaryl/α,β-unsaturated/α-hetero) is 2. The van der Waals surface area contributed by atoms with Crippen LogP contribution in [0, 0.1) is 48.3 Å². The number of alkyl carbamates (subject to hydrolysis) is 1. The van der Waals surface area contributed by atoms with E-state index in [1.54, 1.807) is 41.1 Å². The number of hydrogen-bond acceptors (Lipinski definition) is 28. The number of hydrogen-bond donors (Lipinski definition) is 7. The number of aromatic amines is 1.